The van der Waals surface area contributed by atoms with Crippen LogP contribution in [0.1, 0.15) is 17.3 Å². The van der Waals surface area contributed by atoms with Gasteiger partial charge < -0.3 is 20.5 Å². The SMILES string of the molecule is COC(OC)C(C)NC(=O)c1ccc(N)c(Cl)c1. The summed E-state index contributed by atoms with van der Waals surface area (Å²) in [6.07, 6.45) is -0.502. The molecule has 1 unspecified atom stereocenters. The molecule has 1 amide bonds. The second-order valence-corrected chi connectivity index (χ2v) is 4.25. The van der Waals surface area contributed by atoms with Crippen LogP contribution in [0.2, 0.25) is 5.02 Å². The molecule has 0 saturated carbocycles. The minimum atomic E-state index is -0.502. The molecule has 0 aliphatic carbocycles. The smallest absolute Gasteiger partial charge is 0.251 e. The van der Waals surface area contributed by atoms with Crippen molar-refractivity contribution in [3.05, 3.63) is 28.8 Å². The lowest BCUT2D eigenvalue weighted by Gasteiger charge is -2.22. The van der Waals surface area contributed by atoms with E-state index in [1.807, 2.05) is 0 Å². The quantitative estimate of drug-likeness (QED) is 0.632. The number of hydrogen-bond donors (Lipinski definition) is 2. The number of carbonyl (C=O) groups is 1. The molecule has 0 aliphatic rings. The Morgan fingerprint density at radius 1 is 1.39 bits per heavy atom. The third kappa shape index (κ3) is 3.60. The van der Waals surface area contributed by atoms with Crippen LogP contribution in [0.25, 0.3) is 0 Å². The van der Waals surface area contributed by atoms with Gasteiger partial charge in [0.1, 0.15) is 0 Å². The highest BCUT2D eigenvalue weighted by Crippen LogP contribution is 2.19. The molecule has 0 bridgehead atoms. The van der Waals surface area contributed by atoms with Crippen molar-refractivity contribution in [3.8, 4) is 0 Å². The van der Waals surface area contributed by atoms with Crippen molar-refractivity contribution < 1.29 is 14.3 Å². The Morgan fingerprint density at radius 3 is 2.50 bits per heavy atom. The molecule has 0 heterocycles. The molecule has 100 valence electrons. The maximum atomic E-state index is 11.9. The first kappa shape index (κ1) is 14.8. The van der Waals surface area contributed by atoms with Gasteiger partial charge >= 0.3 is 0 Å². The van der Waals surface area contributed by atoms with E-state index >= 15 is 0 Å². The fourth-order valence-corrected chi connectivity index (χ4v) is 1.71. The number of rotatable bonds is 5. The lowest BCUT2D eigenvalue weighted by molar-refractivity contribution is -0.117. The van der Waals surface area contributed by atoms with Crippen LogP contribution in [0.4, 0.5) is 5.69 Å². The van der Waals surface area contributed by atoms with Gasteiger partial charge in [-0.15, -0.1) is 0 Å². The molecule has 1 atom stereocenters. The lowest BCUT2D eigenvalue weighted by Crippen LogP contribution is -2.42. The van der Waals surface area contributed by atoms with Gasteiger partial charge in [0, 0.05) is 19.8 Å². The first-order valence-electron chi connectivity index (χ1n) is 5.41. The second-order valence-electron chi connectivity index (χ2n) is 3.84. The van der Waals surface area contributed by atoms with E-state index in [4.69, 9.17) is 26.8 Å². The number of nitrogens with two attached hydrogens (primary N) is 1. The Kier molecular flexibility index (Phi) is 5.40. The Labute approximate surface area is 111 Å². The zero-order chi connectivity index (χ0) is 13.7. The first-order chi connectivity index (χ1) is 8.49. The van der Waals surface area contributed by atoms with Crippen LogP contribution in [0.3, 0.4) is 0 Å². The molecule has 5 nitrogen and oxygen atoms in total. The van der Waals surface area contributed by atoms with Crippen molar-refractivity contribution in [2.45, 2.75) is 19.3 Å². The minimum absolute atomic E-state index is 0.261. The molecule has 6 heteroatoms. The Hall–Kier alpha value is -1.30. The molecule has 0 spiro atoms. The van der Waals surface area contributed by atoms with Crippen molar-refractivity contribution in [3.63, 3.8) is 0 Å². The lowest BCUT2D eigenvalue weighted by atomic mass is 10.2. The molecule has 1 rings (SSSR count). The van der Waals surface area contributed by atoms with Crippen molar-refractivity contribution in [1.82, 2.24) is 5.32 Å². The molecule has 3 N–H and O–H groups in total. The number of carbonyl (C=O) groups excluding carboxylic acids is 1. The molecule has 18 heavy (non-hydrogen) atoms. The summed E-state index contributed by atoms with van der Waals surface area (Å²) in [5.41, 5.74) is 6.45. The number of hydrogen-bond acceptors (Lipinski definition) is 4. The zero-order valence-corrected chi connectivity index (χ0v) is 11.3. The number of methoxy groups -OCH3 is 2. The molecule has 0 saturated heterocycles. The molecular formula is C12H17ClN2O3. The molecular weight excluding hydrogens is 256 g/mol. The topological polar surface area (TPSA) is 73.6 Å². The summed E-state index contributed by atoms with van der Waals surface area (Å²) in [6, 6.07) is 4.43. The van der Waals surface area contributed by atoms with Crippen LogP contribution < -0.4 is 11.1 Å². The normalized spacial score (nSPS) is 12.5. The van der Waals surface area contributed by atoms with E-state index < -0.39 is 6.29 Å². The standard InChI is InChI=1S/C12H17ClN2O3/c1-7(12(17-2)18-3)15-11(16)8-4-5-10(14)9(13)6-8/h4-7,12H,14H2,1-3H3,(H,15,16). The molecule has 1 aromatic rings. The summed E-state index contributed by atoms with van der Waals surface area (Å²) in [7, 11) is 3.02. The van der Waals surface area contributed by atoms with Crippen molar-refractivity contribution >= 4 is 23.2 Å². The van der Waals surface area contributed by atoms with Gasteiger partial charge in [-0.25, -0.2) is 0 Å². The molecule has 0 radical (unpaired) electrons. The maximum absolute atomic E-state index is 11.9. The van der Waals surface area contributed by atoms with Gasteiger partial charge in [-0.1, -0.05) is 11.6 Å². The maximum Gasteiger partial charge on any atom is 0.251 e. The van der Waals surface area contributed by atoms with Crippen LogP contribution >= 0.6 is 11.6 Å². The van der Waals surface area contributed by atoms with Crippen molar-refractivity contribution in [2.75, 3.05) is 20.0 Å². The summed E-state index contributed by atoms with van der Waals surface area (Å²) >= 11 is 5.86. The average Bonchev–Trinajstić information content (AvgIpc) is 2.34. The number of amides is 1. The highest BCUT2D eigenvalue weighted by molar-refractivity contribution is 6.33. The van der Waals surface area contributed by atoms with Gasteiger partial charge in [0.2, 0.25) is 0 Å². The number of halogens is 1. The largest absolute Gasteiger partial charge is 0.398 e. The average molecular weight is 273 g/mol. The molecule has 0 aliphatic heterocycles. The van der Waals surface area contributed by atoms with E-state index in [1.54, 1.807) is 19.1 Å². The third-order valence-corrected chi connectivity index (χ3v) is 2.82. The predicted octanol–water partition coefficient (Wildman–Crippen LogP) is 1.66. The fraction of sp³-hybridized carbons (Fsp3) is 0.417. The highest BCUT2D eigenvalue weighted by Gasteiger charge is 2.19. The van der Waals surface area contributed by atoms with Gasteiger partial charge in [0.25, 0.3) is 5.91 Å². The molecule has 0 fully saturated rings. The number of nitrogen functional groups attached to an aromatic ring is 1. The van der Waals surface area contributed by atoms with E-state index in [0.717, 1.165) is 0 Å². The van der Waals surface area contributed by atoms with E-state index in [2.05, 4.69) is 5.32 Å². The van der Waals surface area contributed by atoms with Gasteiger partial charge in [-0.3, -0.25) is 4.79 Å². The van der Waals surface area contributed by atoms with Crippen LogP contribution in [0.15, 0.2) is 18.2 Å². The van der Waals surface area contributed by atoms with Crippen LogP contribution in [-0.2, 0) is 9.47 Å². The van der Waals surface area contributed by atoms with Crippen molar-refractivity contribution in [2.24, 2.45) is 0 Å². The van der Waals surface area contributed by atoms with E-state index in [0.29, 0.717) is 16.3 Å². The Balaban J connectivity index is 2.73. The second kappa shape index (κ2) is 6.58. The fourth-order valence-electron chi connectivity index (χ4n) is 1.53. The van der Waals surface area contributed by atoms with Gasteiger partial charge in [0.15, 0.2) is 6.29 Å². The van der Waals surface area contributed by atoms with Crippen LogP contribution in [0.5, 0.6) is 0 Å². The Morgan fingerprint density at radius 2 is 2.00 bits per heavy atom. The monoisotopic (exact) mass is 272 g/mol. The first-order valence-corrected chi connectivity index (χ1v) is 5.79. The summed E-state index contributed by atoms with van der Waals surface area (Å²) in [5, 5.41) is 3.11. The third-order valence-electron chi connectivity index (χ3n) is 2.49. The van der Waals surface area contributed by atoms with E-state index in [9.17, 15) is 4.79 Å². The molecule has 1 aromatic carbocycles. The zero-order valence-electron chi connectivity index (χ0n) is 10.6. The van der Waals surface area contributed by atoms with Gasteiger partial charge in [0.05, 0.1) is 16.8 Å². The highest BCUT2D eigenvalue weighted by atomic mass is 35.5. The number of benzene rings is 1. The summed E-state index contributed by atoms with van der Waals surface area (Å²) in [5.74, 6) is -0.261. The van der Waals surface area contributed by atoms with Crippen LogP contribution in [-0.4, -0.2) is 32.5 Å². The van der Waals surface area contributed by atoms with Crippen molar-refractivity contribution in [1.29, 1.82) is 0 Å². The summed E-state index contributed by atoms with van der Waals surface area (Å²) < 4.78 is 10.1. The van der Waals surface area contributed by atoms with Crippen LogP contribution in [0, 0.1) is 0 Å². The van der Waals surface area contributed by atoms with Gasteiger partial charge in [-0.05, 0) is 25.1 Å². The molecule has 0 aromatic heterocycles. The number of anilines is 1. The minimum Gasteiger partial charge on any atom is -0.398 e. The summed E-state index contributed by atoms with van der Waals surface area (Å²) in [4.78, 5) is 11.9. The van der Waals surface area contributed by atoms with E-state index in [-0.39, 0.29) is 11.9 Å². The van der Waals surface area contributed by atoms with Gasteiger partial charge in [-0.2, -0.15) is 0 Å². The predicted molar refractivity (Wildman–Crippen MR) is 70.6 cm³/mol. The summed E-state index contributed by atoms with van der Waals surface area (Å²) in [6.45, 7) is 1.79. The Bertz CT molecular complexity index is 422. The number of ether oxygens (including phenoxy) is 2. The van der Waals surface area contributed by atoms with E-state index in [1.165, 1.54) is 20.3 Å². The number of nitrogens with one attached hydrogen (secondary N) is 1.